The topological polar surface area (TPSA) is 90.5 Å². The van der Waals surface area contributed by atoms with Gasteiger partial charge in [0.1, 0.15) is 10.6 Å². The molecule has 25 heavy (non-hydrogen) atoms. The highest BCUT2D eigenvalue weighted by Crippen LogP contribution is 2.40. The van der Waals surface area contributed by atoms with Crippen molar-refractivity contribution in [2.75, 3.05) is 13.2 Å². The number of ether oxygens (including phenoxy) is 1. The monoisotopic (exact) mass is 366 g/mol. The van der Waals surface area contributed by atoms with Crippen molar-refractivity contribution in [1.29, 1.82) is 0 Å². The molecular weight excluding hydrogens is 344 g/mol. The normalized spacial score (nSPS) is 21.6. The molecule has 1 unspecified atom stereocenters. The molecule has 0 aliphatic carbocycles. The lowest BCUT2D eigenvalue weighted by molar-refractivity contribution is 0.108. The lowest BCUT2D eigenvalue weighted by atomic mass is 10.0. The molecule has 0 radical (unpaired) electrons. The molecule has 0 saturated carbocycles. The summed E-state index contributed by atoms with van der Waals surface area (Å²) in [5.41, 5.74) is 3.40. The standard InChI is InChI=1S/C16H22N4O4S/c1-10-16(11(2)24-18-10)25(21,22)20-7-4-5-14(20)15-12-9-23-8-6-13(12)19(3)17-15/h14H,4-9H2,1-3H3. The van der Waals surface area contributed by atoms with Gasteiger partial charge in [-0.3, -0.25) is 4.68 Å². The van der Waals surface area contributed by atoms with Crippen LogP contribution in [0.25, 0.3) is 0 Å². The summed E-state index contributed by atoms with van der Waals surface area (Å²) in [6.45, 7) is 4.94. The van der Waals surface area contributed by atoms with Crippen molar-refractivity contribution >= 4 is 10.0 Å². The van der Waals surface area contributed by atoms with Crippen LogP contribution in [0.3, 0.4) is 0 Å². The Morgan fingerprint density at radius 2 is 2.08 bits per heavy atom. The van der Waals surface area contributed by atoms with E-state index in [0.29, 0.717) is 31.2 Å². The summed E-state index contributed by atoms with van der Waals surface area (Å²) in [4.78, 5) is 0.181. The smallest absolute Gasteiger partial charge is 0.249 e. The van der Waals surface area contributed by atoms with Crippen LogP contribution in [0.2, 0.25) is 0 Å². The van der Waals surface area contributed by atoms with E-state index in [-0.39, 0.29) is 10.9 Å². The third kappa shape index (κ3) is 2.52. The van der Waals surface area contributed by atoms with Crippen LogP contribution in [0.4, 0.5) is 0 Å². The van der Waals surface area contributed by atoms with E-state index in [2.05, 4.69) is 10.3 Å². The molecule has 4 rings (SSSR count). The van der Waals surface area contributed by atoms with Crippen molar-refractivity contribution < 1.29 is 17.7 Å². The molecule has 2 aliphatic heterocycles. The first-order chi connectivity index (χ1) is 11.9. The first kappa shape index (κ1) is 16.7. The number of aromatic nitrogens is 3. The Bertz CT molecular complexity index is 895. The second-order valence-electron chi connectivity index (χ2n) is 6.66. The van der Waals surface area contributed by atoms with Gasteiger partial charge in [0, 0.05) is 31.3 Å². The molecule has 1 atom stereocenters. The van der Waals surface area contributed by atoms with E-state index >= 15 is 0 Å². The van der Waals surface area contributed by atoms with E-state index < -0.39 is 10.0 Å². The second-order valence-corrected chi connectivity index (χ2v) is 8.49. The zero-order chi connectivity index (χ0) is 17.8. The van der Waals surface area contributed by atoms with E-state index in [4.69, 9.17) is 9.26 Å². The van der Waals surface area contributed by atoms with Gasteiger partial charge in [-0.25, -0.2) is 8.42 Å². The maximum absolute atomic E-state index is 13.3. The second kappa shape index (κ2) is 5.93. The van der Waals surface area contributed by atoms with Crippen molar-refractivity contribution in [3.8, 4) is 0 Å². The maximum Gasteiger partial charge on any atom is 0.249 e. The van der Waals surface area contributed by atoms with Gasteiger partial charge in [-0.2, -0.15) is 9.40 Å². The predicted molar refractivity (Wildman–Crippen MR) is 88.4 cm³/mol. The van der Waals surface area contributed by atoms with E-state index in [0.717, 1.165) is 36.2 Å². The number of nitrogens with zero attached hydrogens (tertiary/aromatic N) is 4. The Hall–Kier alpha value is -1.71. The molecule has 2 aliphatic rings. The first-order valence-corrected chi connectivity index (χ1v) is 9.92. The number of hydrogen-bond donors (Lipinski definition) is 0. The summed E-state index contributed by atoms with van der Waals surface area (Å²) in [6, 6.07) is -0.268. The SMILES string of the molecule is Cc1noc(C)c1S(=O)(=O)N1CCCC1c1nn(C)c2c1COCC2. The molecule has 0 bridgehead atoms. The third-order valence-corrected chi connectivity index (χ3v) is 7.24. The maximum atomic E-state index is 13.3. The fourth-order valence-corrected chi connectivity index (χ4v) is 5.92. The molecule has 1 fully saturated rings. The van der Waals surface area contributed by atoms with Crippen LogP contribution in [-0.4, -0.2) is 40.8 Å². The van der Waals surface area contributed by atoms with Gasteiger partial charge in [-0.1, -0.05) is 5.16 Å². The summed E-state index contributed by atoms with van der Waals surface area (Å²) >= 11 is 0. The van der Waals surface area contributed by atoms with Gasteiger partial charge in [-0.05, 0) is 26.7 Å². The van der Waals surface area contributed by atoms with Gasteiger partial charge in [0.25, 0.3) is 0 Å². The van der Waals surface area contributed by atoms with Gasteiger partial charge in [0.15, 0.2) is 5.76 Å². The van der Waals surface area contributed by atoms with E-state index in [9.17, 15) is 8.42 Å². The Balaban J connectivity index is 1.77. The minimum Gasteiger partial charge on any atom is -0.376 e. The van der Waals surface area contributed by atoms with Crippen LogP contribution in [0.5, 0.6) is 0 Å². The lowest BCUT2D eigenvalue weighted by Gasteiger charge is -2.24. The zero-order valence-electron chi connectivity index (χ0n) is 14.7. The molecule has 1 saturated heterocycles. The van der Waals surface area contributed by atoms with Crippen molar-refractivity contribution in [2.24, 2.45) is 7.05 Å². The molecule has 2 aromatic heterocycles. The quantitative estimate of drug-likeness (QED) is 0.820. The highest BCUT2D eigenvalue weighted by Gasteiger charge is 2.42. The van der Waals surface area contributed by atoms with Gasteiger partial charge >= 0.3 is 0 Å². The van der Waals surface area contributed by atoms with Crippen LogP contribution in [-0.2, 0) is 34.8 Å². The fourth-order valence-electron chi connectivity index (χ4n) is 3.97. The highest BCUT2D eigenvalue weighted by molar-refractivity contribution is 7.89. The summed E-state index contributed by atoms with van der Waals surface area (Å²) in [6.07, 6.45) is 2.37. The Kier molecular flexibility index (Phi) is 3.97. The average molecular weight is 366 g/mol. The average Bonchev–Trinajstić information content (AvgIpc) is 3.26. The van der Waals surface area contributed by atoms with Crippen LogP contribution < -0.4 is 0 Å². The van der Waals surface area contributed by atoms with Gasteiger partial charge in [-0.15, -0.1) is 0 Å². The summed E-state index contributed by atoms with van der Waals surface area (Å²) in [7, 11) is -1.77. The number of aryl methyl sites for hydroxylation is 3. The van der Waals surface area contributed by atoms with E-state index in [1.165, 1.54) is 0 Å². The largest absolute Gasteiger partial charge is 0.376 e. The molecule has 9 heteroatoms. The summed E-state index contributed by atoms with van der Waals surface area (Å²) < 4.78 is 40.6. The molecule has 0 aromatic carbocycles. The summed E-state index contributed by atoms with van der Waals surface area (Å²) in [5.74, 6) is 0.328. The summed E-state index contributed by atoms with van der Waals surface area (Å²) in [5, 5.41) is 8.46. The van der Waals surface area contributed by atoms with Crippen LogP contribution in [0, 0.1) is 13.8 Å². The van der Waals surface area contributed by atoms with Crippen molar-refractivity contribution in [2.45, 2.75) is 50.7 Å². The van der Waals surface area contributed by atoms with Crippen LogP contribution >= 0.6 is 0 Å². The van der Waals surface area contributed by atoms with E-state index in [1.807, 2.05) is 11.7 Å². The van der Waals surface area contributed by atoms with Gasteiger partial charge in [0.2, 0.25) is 10.0 Å². The number of fused-ring (bicyclic) bond motifs is 1. The van der Waals surface area contributed by atoms with Gasteiger partial charge in [0.05, 0.1) is 24.9 Å². The van der Waals surface area contributed by atoms with Crippen LogP contribution in [0.15, 0.2) is 9.42 Å². The Labute approximate surface area is 146 Å². The molecular formula is C16H22N4O4S. The Morgan fingerprint density at radius 1 is 1.28 bits per heavy atom. The predicted octanol–water partition coefficient (Wildman–Crippen LogP) is 1.62. The van der Waals surface area contributed by atoms with Crippen molar-refractivity contribution in [1.82, 2.24) is 19.2 Å². The minimum atomic E-state index is -3.68. The molecule has 136 valence electrons. The zero-order valence-corrected chi connectivity index (χ0v) is 15.5. The van der Waals surface area contributed by atoms with Crippen molar-refractivity contribution in [3.63, 3.8) is 0 Å². The van der Waals surface area contributed by atoms with Crippen LogP contribution in [0.1, 0.15) is 47.3 Å². The minimum absolute atomic E-state index is 0.181. The number of hydrogen-bond acceptors (Lipinski definition) is 6. The molecule has 0 N–H and O–H groups in total. The number of rotatable bonds is 3. The molecule has 8 nitrogen and oxygen atoms in total. The van der Waals surface area contributed by atoms with E-state index in [1.54, 1.807) is 18.2 Å². The molecule has 0 spiro atoms. The fraction of sp³-hybridized carbons (Fsp3) is 0.625. The molecule has 2 aromatic rings. The van der Waals surface area contributed by atoms with Crippen molar-refractivity contribution in [3.05, 3.63) is 28.4 Å². The third-order valence-electron chi connectivity index (χ3n) is 5.09. The van der Waals surface area contributed by atoms with Gasteiger partial charge < -0.3 is 9.26 Å². The lowest BCUT2D eigenvalue weighted by Crippen LogP contribution is -2.32. The molecule has 0 amide bonds. The molecule has 4 heterocycles. The first-order valence-electron chi connectivity index (χ1n) is 8.48. The number of sulfonamides is 1. The Morgan fingerprint density at radius 3 is 2.80 bits per heavy atom. The highest BCUT2D eigenvalue weighted by atomic mass is 32.2.